The highest BCUT2D eigenvalue weighted by molar-refractivity contribution is 5.74. The van der Waals surface area contributed by atoms with Crippen molar-refractivity contribution >= 4 is 5.57 Å². The lowest BCUT2D eigenvalue weighted by molar-refractivity contribution is 0.356. The van der Waals surface area contributed by atoms with Gasteiger partial charge in [0.2, 0.25) is 0 Å². The third kappa shape index (κ3) is 3.80. The molecule has 0 saturated heterocycles. The molecule has 1 saturated carbocycles. The highest BCUT2D eigenvalue weighted by Gasteiger charge is 2.15. The van der Waals surface area contributed by atoms with Gasteiger partial charge in [-0.2, -0.15) is 0 Å². The summed E-state index contributed by atoms with van der Waals surface area (Å²) in [6.07, 6.45) is 8.34. The summed E-state index contributed by atoms with van der Waals surface area (Å²) in [5.74, 6) is 0.885. The van der Waals surface area contributed by atoms with Gasteiger partial charge in [-0.05, 0) is 72.6 Å². The molecule has 0 amide bonds. The Labute approximate surface area is 147 Å². The lowest BCUT2D eigenvalue weighted by atomic mass is 9.83. The molecule has 2 aromatic rings. The van der Waals surface area contributed by atoms with Crippen LogP contribution < -0.4 is 0 Å². The molecule has 0 aliphatic heterocycles. The Hall–Kier alpha value is -1.82. The molecule has 1 aliphatic carbocycles. The van der Waals surface area contributed by atoms with Crippen LogP contribution in [0.4, 0.5) is 0 Å². The average molecular weight is 319 g/mol. The van der Waals surface area contributed by atoms with Crippen LogP contribution in [0.5, 0.6) is 0 Å². The molecule has 1 fully saturated rings. The summed E-state index contributed by atoms with van der Waals surface area (Å²) in [6.45, 7) is 10.7. The van der Waals surface area contributed by atoms with E-state index in [1.165, 1.54) is 71.9 Å². The van der Waals surface area contributed by atoms with Gasteiger partial charge in [0.05, 0.1) is 0 Å². The van der Waals surface area contributed by atoms with Crippen molar-refractivity contribution in [1.29, 1.82) is 0 Å². The molecule has 0 heterocycles. The molecule has 2 aromatic carbocycles. The standard InChI is InChI=1S/C24H30/c1-17(2)22-11-8-12-23(16-22)24-15-21(13-18(3)19(24)4)14-20-9-6-5-7-10-20/h8,11-13,15-16,20H,1,5-7,9-10,14H2,2-4H3. The van der Waals surface area contributed by atoms with E-state index >= 15 is 0 Å². The summed E-state index contributed by atoms with van der Waals surface area (Å²) in [7, 11) is 0. The van der Waals surface area contributed by atoms with Gasteiger partial charge in [-0.3, -0.25) is 0 Å². The first-order chi connectivity index (χ1) is 11.5. The Morgan fingerprint density at radius 1 is 1.04 bits per heavy atom. The Morgan fingerprint density at radius 2 is 1.79 bits per heavy atom. The van der Waals surface area contributed by atoms with E-state index in [0.717, 1.165) is 11.5 Å². The minimum absolute atomic E-state index is 0.885. The lowest BCUT2D eigenvalue weighted by Crippen LogP contribution is -2.09. The predicted molar refractivity (Wildman–Crippen MR) is 106 cm³/mol. The van der Waals surface area contributed by atoms with E-state index in [-0.39, 0.29) is 0 Å². The predicted octanol–water partition coefficient (Wildman–Crippen LogP) is 7.13. The number of aryl methyl sites for hydroxylation is 1. The highest BCUT2D eigenvalue weighted by atomic mass is 14.2. The molecular weight excluding hydrogens is 288 g/mol. The van der Waals surface area contributed by atoms with E-state index in [9.17, 15) is 0 Å². The topological polar surface area (TPSA) is 0 Å². The van der Waals surface area contributed by atoms with Gasteiger partial charge in [0, 0.05) is 0 Å². The summed E-state index contributed by atoms with van der Waals surface area (Å²) >= 11 is 0. The second-order valence-corrected chi connectivity index (χ2v) is 7.65. The summed E-state index contributed by atoms with van der Waals surface area (Å²) in [4.78, 5) is 0. The normalized spacial score (nSPS) is 15.5. The fourth-order valence-corrected chi connectivity index (χ4v) is 4.03. The first-order valence-electron chi connectivity index (χ1n) is 9.41. The first kappa shape index (κ1) is 17.0. The third-order valence-corrected chi connectivity index (χ3v) is 5.64. The van der Waals surface area contributed by atoms with Gasteiger partial charge in [-0.15, -0.1) is 0 Å². The van der Waals surface area contributed by atoms with E-state index in [0.29, 0.717) is 0 Å². The van der Waals surface area contributed by atoms with Gasteiger partial charge < -0.3 is 0 Å². The van der Waals surface area contributed by atoms with Crippen molar-refractivity contribution < 1.29 is 0 Å². The number of hydrogen-bond donors (Lipinski definition) is 0. The minimum atomic E-state index is 0.885. The molecule has 1 aliphatic rings. The Balaban J connectivity index is 1.95. The third-order valence-electron chi connectivity index (χ3n) is 5.64. The molecule has 0 unspecified atom stereocenters. The molecule has 0 aromatic heterocycles. The molecule has 126 valence electrons. The van der Waals surface area contributed by atoms with Crippen LogP contribution in [0.2, 0.25) is 0 Å². The van der Waals surface area contributed by atoms with Crippen molar-refractivity contribution in [2.45, 2.75) is 59.3 Å². The molecule has 0 radical (unpaired) electrons. The lowest BCUT2D eigenvalue weighted by Gasteiger charge is -2.22. The Kier molecular flexibility index (Phi) is 5.23. The van der Waals surface area contributed by atoms with E-state index in [1.54, 1.807) is 0 Å². The summed E-state index contributed by atoms with van der Waals surface area (Å²) in [5.41, 5.74) is 9.42. The van der Waals surface area contributed by atoms with Gasteiger partial charge in [-0.1, -0.05) is 74.6 Å². The maximum Gasteiger partial charge on any atom is -0.0149 e. The molecule has 0 bridgehead atoms. The zero-order valence-corrected chi connectivity index (χ0v) is 15.5. The van der Waals surface area contributed by atoms with Gasteiger partial charge >= 0.3 is 0 Å². The van der Waals surface area contributed by atoms with Crippen LogP contribution in [0.15, 0.2) is 43.0 Å². The second kappa shape index (κ2) is 7.38. The Morgan fingerprint density at radius 3 is 2.50 bits per heavy atom. The maximum absolute atomic E-state index is 4.10. The van der Waals surface area contributed by atoms with Crippen molar-refractivity contribution in [2.24, 2.45) is 5.92 Å². The Bertz CT molecular complexity index is 730. The van der Waals surface area contributed by atoms with Crippen molar-refractivity contribution in [1.82, 2.24) is 0 Å². The zero-order chi connectivity index (χ0) is 17.1. The molecule has 0 heteroatoms. The fraction of sp³-hybridized carbons (Fsp3) is 0.417. The van der Waals surface area contributed by atoms with Crippen LogP contribution in [0.3, 0.4) is 0 Å². The smallest absolute Gasteiger partial charge is 0.0149 e. The largest absolute Gasteiger partial charge is 0.0955 e. The van der Waals surface area contributed by atoms with Crippen molar-refractivity contribution in [3.05, 3.63) is 65.2 Å². The van der Waals surface area contributed by atoms with E-state index < -0.39 is 0 Å². The summed E-state index contributed by atoms with van der Waals surface area (Å²) < 4.78 is 0. The van der Waals surface area contributed by atoms with Gasteiger partial charge in [0.1, 0.15) is 0 Å². The van der Waals surface area contributed by atoms with Gasteiger partial charge in [-0.25, -0.2) is 0 Å². The monoisotopic (exact) mass is 318 g/mol. The maximum atomic E-state index is 4.10. The van der Waals surface area contributed by atoms with Gasteiger partial charge in [0.25, 0.3) is 0 Å². The molecule has 0 nitrogen and oxygen atoms in total. The van der Waals surface area contributed by atoms with E-state index in [1.807, 2.05) is 0 Å². The van der Waals surface area contributed by atoms with Crippen LogP contribution in [0.1, 0.15) is 61.3 Å². The van der Waals surface area contributed by atoms with Crippen molar-refractivity contribution in [2.75, 3.05) is 0 Å². The van der Waals surface area contributed by atoms with Crippen LogP contribution in [-0.4, -0.2) is 0 Å². The highest BCUT2D eigenvalue weighted by Crippen LogP contribution is 2.32. The van der Waals surface area contributed by atoms with Crippen LogP contribution in [0, 0.1) is 19.8 Å². The summed E-state index contributed by atoms with van der Waals surface area (Å²) in [6, 6.07) is 13.7. The fourth-order valence-electron chi connectivity index (χ4n) is 4.03. The zero-order valence-electron chi connectivity index (χ0n) is 15.5. The first-order valence-corrected chi connectivity index (χ1v) is 9.41. The SMILES string of the molecule is C=C(C)c1cccc(-c2cc(CC3CCCCC3)cc(C)c2C)c1. The summed E-state index contributed by atoms with van der Waals surface area (Å²) in [5, 5.41) is 0. The number of allylic oxidation sites excluding steroid dienone is 1. The van der Waals surface area contributed by atoms with Crippen molar-refractivity contribution in [3.63, 3.8) is 0 Å². The molecule has 3 rings (SSSR count). The second-order valence-electron chi connectivity index (χ2n) is 7.65. The number of hydrogen-bond acceptors (Lipinski definition) is 0. The molecule has 24 heavy (non-hydrogen) atoms. The quantitative estimate of drug-likeness (QED) is 0.562. The van der Waals surface area contributed by atoms with Gasteiger partial charge in [0.15, 0.2) is 0 Å². The minimum Gasteiger partial charge on any atom is -0.0955 e. The van der Waals surface area contributed by atoms with E-state index in [2.05, 4.69) is 63.7 Å². The molecule has 0 spiro atoms. The molecule has 0 N–H and O–H groups in total. The number of benzene rings is 2. The number of rotatable bonds is 4. The molecule has 0 atom stereocenters. The molecular formula is C24H30. The van der Waals surface area contributed by atoms with Crippen LogP contribution >= 0.6 is 0 Å². The van der Waals surface area contributed by atoms with Crippen molar-refractivity contribution in [3.8, 4) is 11.1 Å². The van der Waals surface area contributed by atoms with Crippen LogP contribution in [-0.2, 0) is 6.42 Å². The van der Waals surface area contributed by atoms with Crippen LogP contribution in [0.25, 0.3) is 16.7 Å². The average Bonchev–Trinajstić information content (AvgIpc) is 2.59. The van der Waals surface area contributed by atoms with E-state index in [4.69, 9.17) is 0 Å².